The number of carboxylic acid groups (broad SMARTS) is 1. The minimum atomic E-state index is -0.863. The molecule has 0 aromatic heterocycles. The highest BCUT2D eigenvalue weighted by atomic mass is 16.5. The lowest BCUT2D eigenvalue weighted by Crippen LogP contribution is -2.31. The Balaban J connectivity index is 1.13. The Kier molecular flexibility index (Phi) is 7.47. The van der Waals surface area contributed by atoms with Crippen LogP contribution in [-0.2, 0) is 19.1 Å². The van der Waals surface area contributed by atoms with Gasteiger partial charge >= 0.3 is 12.1 Å². The molecule has 4 rings (SSSR count). The van der Waals surface area contributed by atoms with Gasteiger partial charge in [0.05, 0.1) is 25.6 Å². The van der Waals surface area contributed by atoms with Gasteiger partial charge in [-0.05, 0) is 28.2 Å². The summed E-state index contributed by atoms with van der Waals surface area (Å²) in [7, 11) is 0. The van der Waals surface area contributed by atoms with E-state index in [2.05, 4.69) is 29.6 Å². The number of nitrogens with zero attached hydrogens (tertiary/aromatic N) is 1. The van der Waals surface area contributed by atoms with Crippen LogP contribution in [0.3, 0.4) is 0 Å². The second-order valence-electron chi connectivity index (χ2n) is 8.84. The van der Waals surface area contributed by atoms with Crippen LogP contribution < -0.4 is 5.32 Å². The third-order valence-corrected chi connectivity index (χ3v) is 6.60. The molecule has 1 saturated heterocycles. The molecule has 2 aromatic carbocycles. The highest BCUT2D eigenvalue weighted by Gasteiger charge is 2.36. The van der Waals surface area contributed by atoms with Gasteiger partial charge in [-0.25, -0.2) is 4.79 Å². The van der Waals surface area contributed by atoms with Crippen LogP contribution in [0.25, 0.3) is 11.1 Å². The van der Waals surface area contributed by atoms with Crippen molar-refractivity contribution in [2.75, 3.05) is 39.5 Å². The SMILES string of the molecule is C[C@@H]1CN(C(=O)CCOCCNC(=O)OCC2c3ccccc3-c3ccccc32)C[C@H]1C(=O)O. The molecule has 8 heteroatoms. The molecule has 0 spiro atoms. The Labute approximate surface area is 198 Å². The molecule has 0 bridgehead atoms. The Bertz CT molecular complexity index is 1010. The second kappa shape index (κ2) is 10.7. The van der Waals surface area contributed by atoms with Gasteiger partial charge in [0.1, 0.15) is 6.61 Å². The molecule has 2 N–H and O–H groups in total. The average molecular weight is 467 g/mol. The van der Waals surface area contributed by atoms with E-state index < -0.39 is 18.0 Å². The first-order valence-corrected chi connectivity index (χ1v) is 11.6. The summed E-state index contributed by atoms with van der Waals surface area (Å²) in [4.78, 5) is 37.2. The average Bonchev–Trinajstić information content (AvgIpc) is 3.38. The molecule has 1 fully saturated rings. The topological polar surface area (TPSA) is 105 Å². The van der Waals surface area contributed by atoms with Crippen molar-refractivity contribution in [2.24, 2.45) is 11.8 Å². The molecule has 0 radical (unpaired) electrons. The van der Waals surface area contributed by atoms with Gasteiger partial charge in [0, 0.05) is 25.6 Å². The number of aliphatic carboxylic acids is 1. The molecule has 1 aliphatic heterocycles. The molecule has 180 valence electrons. The molecule has 1 heterocycles. The molecule has 34 heavy (non-hydrogen) atoms. The molecular weight excluding hydrogens is 436 g/mol. The summed E-state index contributed by atoms with van der Waals surface area (Å²) in [6, 6.07) is 16.3. The number of carboxylic acids is 1. The monoisotopic (exact) mass is 466 g/mol. The number of carbonyl (C=O) groups excluding carboxylic acids is 2. The van der Waals surface area contributed by atoms with Gasteiger partial charge in [-0.1, -0.05) is 55.5 Å². The van der Waals surface area contributed by atoms with Gasteiger partial charge in [-0.15, -0.1) is 0 Å². The Morgan fingerprint density at radius 3 is 2.26 bits per heavy atom. The zero-order valence-electron chi connectivity index (χ0n) is 19.2. The Morgan fingerprint density at radius 1 is 1.00 bits per heavy atom. The van der Waals surface area contributed by atoms with E-state index in [1.807, 2.05) is 31.2 Å². The first-order chi connectivity index (χ1) is 16.5. The predicted molar refractivity (Wildman–Crippen MR) is 125 cm³/mol. The standard InChI is InChI=1S/C26H30N2O6/c1-17-14-28(15-22(17)25(30)31)24(29)10-12-33-13-11-27-26(32)34-16-23-20-8-4-2-6-18(20)19-7-3-5-9-21(19)23/h2-9,17,22-23H,10-16H2,1H3,(H,27,32)(H,30,31)/t17-,22-/m1/s1. The van der Waals surface area contributed by atoms with Crippen LogP contribution in [0.15, 0.2) is 48.5 Å². The van der Waals surface area contributed by atoms with Gasteiger partial charge in [-0.2, -0.15) is 0 Å². The van der Waals surface area contributed by atoms with Crippen LogP contribution in [0.4, 0.5) is 4.79 Å². The van der Waals surface area contributed by atoms with Gasteiger partial charge in [0.15, 0.2) is 0 Å². The van der Waals surface area contributed by atoms with Crippen LogP contribution in [0.5, 0.6) is 0 Å². The number of rotatable bonds is 9. The maximum atomic E-state index is 12.2. The van der Waals surface area contributed by atoms with Gasteiger partial charge < -0.3 is 24.8 Å². The summed E-state index contributed by atoms with van der Waals surface area (Å²) < 4.78 is 10.9. The molecule has 1 aliphatic carbocycles. The summed E-state index contributed by atoms with van der Waals surface area (Å²) in [5, 5.41) is 11.9. The molecular formula is C26H30N2O6. The maximum Gasteiger partial charge on any atom is 0.407 e. The number of amides is 2. The predicted octanol–water partition coefficient (Wildman–Crippen LogP) is 3.11. The number of nitrogens with one attached hydrogen (secondary N) is 1. The first kappa shape index (κ1) is 23.8. The van der Waals surface area contributed by atoms with Gasteiger partial charge in [0.25, 0.3) is 0 Å². The van der Waals surface area contributed by atoms with Crippen LogP contribution in [-0.4, -0.2) is 67.4 Å². The fraction of sp³-hybridized carbons (Fsp3) is 0.423. The summed E-state index contributed by atoms with van der Waals surface area (Å²) >= 11 is 0. The van der Waals surface area contributed by atoms with Crippen LogP contribution in [0.1, 0.15) is 30.4 Å². The van der Waals surface area contributed by atoms with E-state index in [-0.39, 0.29) is 57.1 Å². The van der Waals surface area contributed by atoms with Gasteiger partial charge in [-0.3, -0.25) is 9.59 Å². The molecule has 0 saturated carbocycles. The largest absolute Gasteiger partial charge is 0.481 e. The third kappa shape index (κ3) is 5.22. The normalized spacial score (nSPS) is 18.9. The van der Waals surface area contributed by atoms with E-state index in [4.69, 9.17) is 9.47 Å². The third-order valence-electron chi connectivity index (χ3n) is 6.60. The number of likely N-dealkylation sites (tertiary alicyclic amines) is 1. The van der Waals surface area contributed by atoms with E-state index in [0.29, 0.717) is 6.54 Å². The highest BCUT2D eigenvalue weighted by molar-refractivity contribution is 5.80. The van der Waals surface area contributed by atoms with Gasteiger partial charge in [0.2, 0.25) is 5.91 Å². The van der Waals surface area contributed by atoms with E-state index in [0.717, 1.165) is 11.1 Å². The fourth-order valence-corrected chi connectivity index (χ4v) is 4.79. The van der Waals surface area contributed by atoms with Crippen LogP contribution in [0, 0.1) is 11.8 Å². The summed E-state index contributed by atoms with van der Waals surface area (Å²) in [6.07, 6.45) is -0.323. The van der Waals surface area contributed by atoms with Crippen molar-refractivity contribution in [3.63, 3.8) is 0 Å². The Morgan fingerprint density at radius 2 is 1.65 bits per heavy atom. The molecule has 2 aromatic rings. The van der Waals surface area contributed by atoms with Crippen molar-refractivity contribution >= 4 is 18.0 Å². The number of benzene rings is 2. The fourth-order valence-electron chi connectivity index (χ4n) is 4.79. The second-order valence-corrected chi connectivity index (χ2v) is 8.84. The smallest absolute Gasteiger partial charge is 0.407 e. The van der Waals surface area contributed by atoms with Crippen LogP contribution >= 0.6 is 0 Å². The molecule has 2 amide bonds. The van der Waals surface area contributed by atoms with Crippen molar-refractivity contribution in [2.45, 2.75) is 19.3 Å². The minimum Gasteiger partial charge on any atom is -0.481 e. The molecule has 2 aliphatic rings. The lowest BCUT2D eigenvalue weighted by Gasteiger charge is -2.16. The zero-order chi connectivity index (χ0) is 24.1. The number of carbonyl (C=O) groups is 3. The lowest BCUT2D eigenvalue weighted by atomic mass is 9.98. The number of alkyl carbamates (subject to hydrolysis) is 1. The van der Waals surface area contributed by atoms with E-state index in [9.17, 15) is 19.5 Å². The summed E-state index contributed by atoms with van der Waals surface area (Å²) in [5.41, 5.74) is 4.67. The number of ether oxygens (including phenoxy) is 2. The van der Waals surface area contributed by atoms with E-state index in [1.54, 1.807) is 4.90 Å². The molecule has 2 atom stereocenters. The van der Waals surface area contributed by atoms with E-state index in [1.165, 1.54) is 11.1 Å². The highest BCUT2D eigenvalue weighted by Crippen LogP contribution is 2.44. The van der Waals surface area contributed by atoms with Crippen molar-refractivity contribution < 1.29 is 29.0 Å². The number of hydrogen-bond acceptors (Lipinski definition) is 5. The first-order valence-electron chi connectivity index (χ1n) is 11.6. The zero-order valence-corrected chi connectivity index (χ0v) is 19.2. The molecule has 0 unspecified atom stereocenters. The quantitative estimate of drug-likeness (QED) is 0.550. The Hall–Kier alpha value is -3.39. The van der Waals surface area contributed by atoms with Crippen molar-refractivity contribution in [1.82, 2.24) is 10.2 Å². The summed E-state index contributed by atoms with van der Waals surface area (Å²) in [5.74, 6) is -1.53. The van der Waals surface area contributed by atoms with Crippen LogP contribution in [0.2, 0.25) is 0 Å². The van der Waals surface area contributed by atoms with Crippen molar-refractivity contribution in [3.8, 4) is 11.1 Å². The maximum absolute atomic E-state index is 12.2. The number of fused-ring (bicyclic) bond motifs is 3. The van der Waals surface area contributed by atoms with E-state index >= 15 is 0 Å². The number of hydrogen-bond donors (Lipinski definition) is 2. The van der Waals surface area contributed by atoms with Crippen molar-refractivity contribution in [1.29, 1.82) is 0 Å². The summed E-state index contributed by atoms with van der Waals surface area (Å²) in [6.45, 7) is 3.54. The molecule has 8 nitrogen and oxygen atoms in total. The minimum absolute atomic E-state index is 0.00874. The van der Waals surface area contributed by atoms with Crippen molar-refractivity contribution in [3.05, 3.63) is 59.7 Å². The lowest BCUT2D eigenvalue weighted by molar-refractivity contribution is -0.142.